The molecule has 7 nitrogen and oxygen atoms in total. The highest BCUT2D eigenvalue weighted by Gasteiger charge is 2.37. The van der Waals surface area contributed by atoms with Crippen LogP contribution in [0.5, 0.6) is 0 Å². The van der Waals surface area contributed by atoms with Crippen molar-refractivity contribution in [2.75, 3.05) is 13.1 Å². The number of piperidine rings is 1. The van der Waals surface area contributed by atoms with Crippen LogP contribution in [0.15, 0.2) is 18.3 Å². The minimum atomic E-state index is -0.964. The van der Waals surface area contributed by atoms with Crippen LogP contribution in [-0.4, -0.2) is 48.8 Å². The molecule has 2 aliphatic rings. The normalized spacial score (nSPS) is 19.5. The molecule has 0 spiro atoms. The second kappa shape index (κ2) is 6.22. The third-order valence-electron chi connectivity index (χ3n) is 5.32. The molecule has 0 aliphatic carbocycles. The molecule has 0 bridgehead atoms. The monoisotopic (exact) mass is 341 g/mol. The molecule has 2 aromatic heterocycles. The molecule has 4 heterocycles. The molecule has 7 heteroatoms. The van der Waals surface area contributed by atoms with Crippen LogP contribution in [0.1, 0.15) is 53.4 Å². The average molecular weight is 341 g/mol. The molecule has 132 valence electrons. The molecule has 1 fully saturated rings. The number of fused-ring (bicyclic) bond motifs is 1. The molecule has 0 radical (unpaired) electrons. The van der Waals surface area contributed by atoms with Gasteiger partial charge in [0.05, 0.1) is 5.69 Å². The largest absolute Gasteiger partial charge is 0.383 e. The summed E-state index contributed by atoms with van der Waals surface area (Å²) in [6.07, 6.45) is 5.79. The van der Waals surface area contributed by atoms with Gasteiger partial charge in [0.25, 0.3) is 5.91 Å². The van der Waals surface area contributed by atoms with Crippen LogP contribution in [0.4, 0.5) is 0 Å². The molecule has 4 rings (SSSR count). The second-order valence-corrected chi connectivity index (χ2v) is 7.09. The van der Waals surface area contributed by atoms with E-state index in [2.05, 4.69) is 15.2 Å². The first-order chi connectivity index (χ1) is 12.1. The molecule has 0 saturated carbocycles. The van der Waals surface area contributed by atoms with Crippen molar-refractivity contribution in [1.29, 1.82) is 0 Å². The number of likely N-dealkylation sites (tertiary alicyclic amines) is 1. The number of hydrogen-bond acceptors (Lipinski definition) is 5. The first-order valence-corrected chi connectivity index (χ1v) is 8.94. The topological polar surface area (TPSA) is 84.1 Å². The van der Waals surface area contributed by atoms with Crippen molar-refractivity contribution in [1.82, 2.24) is 24.6 Å². The molecular formula is C18H23N5O2. The number of aromatic nitrogens is 4. The molecule has 2 aromatic rings. The predicted molar refractivity (Wildman–Crippen MR) is 91.0 cm³/mol. The summed E-state index contributed by atoms with van der Waals surface area (Å²) in [6.45, 7) is 3.77. The number of hydrogen-bond donors (Lipinski definition) is 1. The lowest BCUT2D eigenvalue weighted by Crippen LogP contribution is -2.46. The summed E-state index contributed by atoms with van der Waals surface area (Å²) in [5.41, 5.74) is 0.788. The van der Waals surface area contributed by atoms with Crippen LogP contribution in [0.3, 0.4) is 0 Å². The van der Waals surface area contributed by atoms with E-state index >= 15 is 0 Å². The highest BCUT2D eigenvalue weighted by Crippen LogP contribution is 2.32. The third kappa shape index (κ3) is 2.93. The van der Waals surface area contributed by atoms with Crippen molar-refractivity contribution in [2.24, 2.45) is 0 Å². The molecule has 1 N–H and O–H groups in total. The van der Waals surface area contributed by atoms with E-state index in [0.29, 0.717) is 37.4 Å². The maximum Gasteiger partial charge on any atom is 0.291 e. The SMILES string of the molecule is Cc1ccc(C2(O)CCN(C(=O)c3nnc4n3CCCC4)CC2)nc1. The van der Waals surface area contributed by atoms with Gasteiger partial charge in [0.2, 0.25) is 5.82 Å². The van der Waals surface area contributed by atoms with Crippen LogP contribution in [0, 0.1) is 6.92 Å². The van der Waals surface area contributed by atoms with Crippen molar-refractivity contribution >= 4 is 5.91 Å². The molecule has 2 aliphatic heterocycles. The fourth-order valence-electron chi connectivity index (χ4n) is 3.69. The number of carbonyl (C=O) groups is 1. The van der Waals surface area contributed by atoms with Gasteiger partial charge in [0.1, 0.15) is 11.4 Å². The Morgan fingerprint density at radius 2 is 1.96 bits per heavy atom. The number of amides is 1. The van der Waals surface area contributed by atoms with E-state index in [1.54, 1.807) is 11.1 Å². The Bertz CT molecular complexity index is 775. The molecule has 0 unspecified atom stereocenters. The zero-order valence-electron chi connectivity index (χ0n) is 14.5. The molecule has 25 heavy (non-hydrogen) atoms. The summed E-state index contributed by atoms with van der Waals surface area (Å²) >= 11 is 0. The highest BCUT2D eigenvalue weighted by molar-refractivity contribution is 5.90. The van der Waals surface area contributed by atoms with Gasteiger partial charge in [-0.1, -0.05) is 6.07 Å². The van der Waals surface area contributed by atoms with Crippen LogP contribution >= 0.6 is 0 Å². The van der Waals surface area contributed by atoms with Gasteiger partial charge in [-0.25, -0.2) is 0 Å². The molecule has 0 aromatic carbocycles. The maximum absolute atomic E-state index is 12.8. The number of carbonyl (C=O) groups excluding carboxylic acids is 1. The smallest absolute Gasteiger partial charge is 0.291 e. The van der Waals surface area contributed by atoms with E-state index in [0.717, 1.165) is 37.2 Å². The second-order valence-electron chi connectivity index (χ2n) is 7.09. The Labute approximate surface area is 146 Å². The summed E-state index contributed by atoms with van der Waals surface area (Å²) in [7, 11) is 0. The minimum Gasteiger partial charge on any atom is -0.383 e. The van der Waals surface area contributed by atoms with Crippen molar-refractivity contribution in [3.63, 3.8) is 0 Å². The standard InChI is InChI=1S/C18H23N5O2/c1-13-5-6-14(19-12-13)18(25)7-10-22(11-8-18)17(24)16-21-20-15-4-2-3-9-23(15)16/h5-6,12,25H,2-4,7-11H2,1H3. The van der Waals surface area contributed by atoms with Gasteiger partial charge in [0, 0.05) is 32.3 Å². The summed E-state index contributed by atoms with van der Waals surface area (Å²) < 4.78 is 1.95. The fourth-order valence-corrected chi connectivity index (χ4v) is 3.69. The Kier molecular flexibility index (Phi) is 4.03. The van der Waals surface area contributed by atoms with E-state index in [1.165, 1.54) is 0 Å². The van der Waals surface area contributed by atoms with E-state index in [-0.39, 0.29) is 5.91 Å². The van der Waals surface area contributed by atoms with E-state index < -0.39 is 5.60 Å². The van der Waals surface area contributed by atoms with E-state index in [9.17, 15) is 9.90 Å². The molecular weight excluding hydrogens is 318 g/mol. The van der Waals surface area contributed by atoms with Gasteiger partial charge >= 0.3 is 0 Å². The van der Waals surface area contributed by atoms with Gasteiger partial charge in [-0.15, -0.1) is 10.2 Å². The average Bonchev–Trinajstić information content (AvgIpc) is 3.06. The summed E-state index contributed by atoms with van der Waals surface area (Å²) in [5.74, 6) is 1.26. The zero-order valence-corrected chi connectivity index (χ0v) is 14.5. The van der Waals surface area contributed by atoms with Crippen molar-refractivity contribution in [3.05, 3.63) is 41.2 Å². The van der Waals surface area contributed by atoms with Crippen LogP contribution in [-0.2, 0) is 18.6 Å². The number of rotatable bonds is 2. The van der Waals surface area contributed by atoms with Crippen molar-refractivity contribution in [2.45, 2.75) is 51.2 Å². The predicted octanol–water partition coefficient (Wildman–Crippen LogP) is 1.44. The van der Waals surface area contributed by atoms with Crippen molar-refractivity contribution in [3.8, 4) is 0 Å². The summed E-state index contributed by atoms with van der Waals surface area (Å²) in [6, 6.07) is 3.84. The lowest BCUT2D eigenvalue weighted by atomic mass is 9.87. The molecule has 1 saturated heterocycles. The third-order valence-corrected chi connectivity index (χ3v) is 5.32. The Hall–Kier alpha value is -2.28. The maximum atomic E-state index is 12.8. The van der Waals surface area contributed by atoms with Gasteiger partial charge in [-0.2, -0.15) is 0 Å². The summed E-state index contributed by atoms with van der Waals surface area (Å²) in [5, 5.41) is 19.2. The lowest BCUT2D eigenvalue weighted by Gasteiger charge is -2.37. The summed E-state index contributed by atoms with van der Waals surface area (Å²) in [4.78, 5) is 19.0. The van der Waals surface area contributed by atoms with Crippen molar-refractivity contribution < 1.29 is 9.90 Å². The van der Waals surface area contributed by atoms with Crippen LogP contribution in [0.2, 0.25) is 0 Å². The highest BCUT2D eigenvalue weighted by atomic mass is 16.3. The van der Waals surface area contributed by atoms with Crippen LogP contribution in [0.25, 0.3) is 0 Å². The van der Waals surface area contributed by atoms with Gasteiger partial charge in [-0.05, 0) is 44.2 Å². The minimum absolute atomic E-state index is 0.0837. The number of aryl methyl sites for hydroxylation is 2. The number of aliphatic hydroxyl groups is 1. The number of pyridine rings is 1. The fraction of sp³-hybridized carbons (Fsp3) is 0.556. The zero-order chi connectivity index (χ0) is 17.4. The quantitative estimate of drug-likeness (QED) is 0.893. The molecule has 1 amide bonds. The van der Waals surface area contributed by atoms with Crippen LogP contribution < -0.4 is 0 Å². The first kappa shape index (κ1) is 16.2. The Morgan fingerprint density at radius 1 is 1.16 bits per heavy atom. The number of nitrogens with zero attached hydrogens (tertiary/aromatic N) is 5. The lowest BCUT2D eigenvalue weighted by molar-refractivity contribution is -0.0247. The Morgan fingerprint density at radius 3 is 2.68 bits per heavy atom. The van der Waals surface area contributed by atoms with E-state index in [1.807, 2.05) is 23.6 Å². The first-order valence-electron chi connectivity index (χ1n) is 8.94. The van der Waals surface area contributed by atoms with Gasteiger partial charge in [-0.3, -0.25) is 9.78 Å². The Balaban J connectivity index is 1.47. The van der Waals surface area contributed by atoms with E-state index in [4.69, 9.17) is 0 Å². The van der Waals surface area contributed by atoms with Gasteiger partial charge in [0.15, 0.2) is 0 Å². The molecule has 0 atom stereocenters. The van der Waals surface area contributed by atoms with Gasteiger partial charge < -0.3 is 14.6 Å².